The summed E-state index contributed by atoms with van der Waals surface area (Å²) in [7, 11) is 0. The molecular formula is C8H12N4O. The zero-order valence-electron chi connectivity index (χ0n) is 7.47. The van der Waals surface area contributed by atoms with E-state index >= 15 is 0 Å². The van der Waals surface area contributed by atoms with Gasteiger partial charge in [0.2, 0.25) is 5.91 Å². The molecule has 2 heterocycles. The van der Waals surface area contributed by atoms with Crippen LogP contribution in [0.1, 0.15) is 6.92 Å². The van der Waals surface area contributed by atoms with E-state index in [4.69, 9.17) is 5.73 Å². The van der Waals surface area contributed by atoms with Crippen LogP contribution < -0.4 is 10.6 Å². The van der Waals surface area contributed by atoms with Gasteiger partial charge >= 0.3 is 0 Å². The van der Waals surface area contributed by atoms with Crippen LogP contribution in [0.25, 0.3) is 0 Å². The molecule has 13 heavy (non-hydrogen) atoms. The van der Waals surface area contributed by atoms with E-state index in [-0.39, 0.29) is 11.9 Å². The summed E-state index contributed by atoms with van der Waals surface area (Å²) in [5.41, 5.74) is 6.31. The van der Waals surface area contributed by atoms with E-state index in [9.17, 15) is 4.79 Å². The number of amides is 1. The number of nitrogens with zero attached hydrogens (tertiary/aromatic N) is 3. The summed E-state index contributed by atoms with van der Waals surface area (Å²) >= 11 is 0. The van der Waals surface area contributed by atoms with Crippen molar-refractivity contribution < 1.29 is 4.79 Å². The second-order valence-corrected chi connectivity index (χ2v) is 3.11. The molecule has 5 nitrogen and oxygen atoms in total. The molecule has 1 aliphatic heterocycles. The minimum atomic E-state index is -0.315. The van der Waals surface area contributed by atoms with Crippen LogP contribution in [-0.2, 0) is 11.3 Å². The van der Waals surface area contributed by atoms with Gasteiger partial charge < -0.3 is 10.6 Å². The number of anilines is 1. The van der Waals surface area contributed by atoms with Gasteiger partial charge in [0, 0.05) is 12.7 Å². The highest BCUT2D eigenvalue weighted by Gasteiger charge is 2.35. The zero-order chi connectivity index (χ0) is 9.42. The molecule has 1 atom stereocenters. The van der Waals surface area contributed by atoms with Gasteiger partial charge in [0.1, 0.15) is 6.04 Å². The molecule has 5 heteroatoms. The van der Waals surface area contributed by atoms with Crippen molar-refractivity contribution in [2.75, 3.05) is 11.4 Å². The Bertz CT molecular complexity index is 333. The van der Waals surface area contributed by atoms with Crippen LogP contribution in [0.3, 0.4) is 0 Å². The highest BCUT2D eigenvalue weighted by Crippen LogP contribution is 2.19. The quantitative estimate of drug-likeness (QED) is 0.628. The summed E-state index contributed by atoms with van der Waals surface area (Å²) in [6.07, 6.45) is 3.54. The SMILES string of the molecule is CCn1cc(N2CC(N)C2=O)cn1. The molecular weight excluding hydrogens is 168 g/mol. The first-order valence-electron chi connectivity index (χ1n) is 4.31. The molecule has 1 unspecified atom stereocenters. The molecule has 1 aromatic heterocycles. The highest BCUT2D eigenvalue weighted by molar-refractivity contribution is 6.03. The lowest BCUT2D eigenvalue weighted by Gasteiger charge is -2.34. The number of aryl methyl sites for hydroxylation is 1. The van der Waals surface area contributed by atoms with Gasteiger partial charge in [-0.2, -0.15) is 5.10 Å². The smallest absolute Gasteiger partial charge is 0.245 e. The fourth-order valence-corrected chi connectivity index (χ4v) is 1.35. The Morgan fingerprint density at radius 1 is 1.77 bits per heavy atom. The molecule has 1 aromatic rings. The van der Waals surface area contributed by atoms with Gasteiger partial charge in [-0.15, -0.1) is 0 Å². The molecule has 1 amide bonds. The Balaban J connectivity index is 2.14. The molecule has 0 radical (unpaired) electrons. The number of carbonyl (C=O) groups is 1. The first kappa shape index (κ1) is 8.25. The van der Waals surface area contributed by atoms with Crippen molar-refractivity contribution in [2.45, 2.75) is 19.5 Å². The predicted molar refractivity (Wildman–Crippen MR) is 48.2 cm³/mol. The maximum Gasteiger partial charge on any atom is 0.245 e. The predicted octanol–water partition coefficient (Wildman–Crippen LogP) is -0.423. The van der Waals surface area contributed by atoms with Crippen molar-refractivity contribution in [1.29, 1.82) is 0 Å². The summed E-state index contributed by atoms with van der Waals surface area (Å²) in [5.74, 6) is -0.0179. The summed E-state index contributed by atoms with van der Waals surface area (Å²) in [4.78, 5) is 12.9. The van der Waals surface area contributed by atoms with Gasteiger partial charge in [0.15, 0.2) is 0 Å². The minimum Gasteiger partial charge on any atom is -0.318 e. The van der Waals surface area contributed by atoms with Gasteiger partial charge in [0.25, 0.3) is 0 Å². The van der Waals surface area contributed by atoms with Crippen LogP contribution in [0.5, 0.6) is 0 Å². The number of hydrogen-bond donors (Lipinski definition) is 1. The van der Waals surface area contributed by atoms with Crippen LogP contribution in [0.4, 0.5) is 5.69 Å². The largest absolute Gasteiger partial charge is 0.318 e. The molecule has 1 aliphatic rings. The maximum atomic E-state index is 11.2. The number of hydrogen-bond acceptors (Lipinski definition) is 3. The first-order valence-corrected chi connectivity index (χ1v) is 4.31. The van der Waals surface area contributed by atoms with Crippen LogP contribution in [0.2, 0.25) is 0 Å². The lowest BCUT2D eigenvalue weighted by Crippen LogP contribution is -2.61. The fourth-order valence-electron chi connectivity index (χ4n) is 1.35. The average Bonchev–Trinajstić information content (AvgIpc) is 2.61. The van der Waals surface area contributed by atoms with E-state index in [0.29, 0.717) is 6.54 Å². The van der Waals surface area contributed by atoms with Crippen LogP contribution >= 0.6 is 0 Å². The first-order chi connectivity index (χ1) is 6.22. The third-order valence-electron chi connectivity index (χ3n) is 2.22. The summed E-state index contributed by atoms with van der Waals surface area (Å²) in [6.45, 7) is 3.42. The number of nitrogens with two attached hydrogens (primary N) is 1. The molecule has 0 saturated carbocycles. The van der Waals surface area contributed by atoms with Crippen molar-refractivity contribution in [3.05, 3.63) is 12.4 Å². The third-order valence-corrected chi connectivity index (χ3v) is 2.22. The van der Waals surface area contributed by atoms with Gasteiger partial charge in [0.05, 0.1) is 18.4 Å². The van der Waals surface area contributed by atoms with Gasteiger partial charge in [-0.3, -0.25) is 9.48 Å². The Morgan fingerprint density at radius 2 is 2.54 bits per heavy atom. The Labute approximate surface area is 76.1 Å². The standard InChI is InChI=1S/C8H12N4O/c1-2-11-4-6(3-10-11)12-5-7(9)8(12)13/h3-4,7H,2,5,9H2,1H3. The van der Waals surface area contributed by atoms with Crippen LogP contribution in [0.15, 0.2) is 12.4 Å². The fraction of sp³-hybridized carbons (Fsp3) is 0.500. The molecule has 0 bridgehead atoms. The third kappa shape index (κ3) is 1.21. The Morgan fingerprint density at radius 3 is 3.00 bits per heavy atom. The monoisotopic (exact) mass is 180 g/mol. The molecule has 70 valence electrons. The van der Waals surface area contributed by atoms with E-state index in [1.807, 2.05) is 13.1 Å². The maximum absolute atomic E-state index is 11.2. The zero-order valence-corrected chi connectivity index (χ0v) is 7.47. The second-order valence-electron chi connectivity index (χ2n) is 3.11. The van der Waals surface area contributed by atoms with E-state index < -0.39 is 0 Å². The number of rotatable bonds is 2. The van der Waals surface area contributed by atoms with Crippen molar-refractivity contribution in [3.8, 4) is 0 Å². The average molecular weight is 180 g/mol. The van der Waals surface area contributed by atoms with Crippen molar-refractivity contribution >= 4 is 11.6 Å². The molecule has 0 spiro atoms. The van der Waals surface area contributed by atoms with Crippen molar-refractivity contribution in [2.24, 2.45) is 5.73 Å². The molecule has 0 aliphatic carbocycles. The topological polar surface area (TPSA) is 64.2 Å². The number of aromatic nitrogens is 2. The minimum absolute atomic E-state index is 0.0179. The second kappa shape index (κ2) is 2.85. The van der Waals surface area contributed by atoms with Gasteiger partial charge in [-0.1, -0.05) is 0 Å². The normalized spacial score (nSPS) is 21.8. The van der Waals surface area contributed by atoms with Crippen molar-refractivity contribution in [1.82, 2.24) is 9.78 Å². The molecule has 2 N–H and O–H groups in total. The lowest BCUT2D eigenvalue weighted by atomic mass is 10.1. The van der Waals surface area contributed by atoms with E-state index in [1.54, 1.807) is 15.8 Å². The molecule has 2 rings (SSSR count). The molecule has 1 saturated heterocycles. The van der Waals surface area contributed by atoms with Crippen molar-refractivity contribution in [3.63, 3.8) is 0 Å². The molecule has 1 fully saturated rings. The number of β-lactam (4-membered cyclic amide) rings is 1. The van der Waals surface area contributed by atoms with Crippen LogP contribution in [-0.4, -0.2) is 28.3 Å². The summed E-state index contributed by atoms with van der Waals surface area (Å²) in [5, 5.41) is 4.08. The Hall–Kier alpha value is -1.36. The Kier molecular flexibility index (Phi) is 1.81. The van der Waals surface area contributed by atoms with Gasteiger partial charge in [-0.05, 0) is 6.92 Å². The highest BCUT2D eigenvalue weighted by atomic mass is 16.2. The summed E-state index contributed by atoms with van der Waals surface area (Å²) < 4.78 is 1.78. The number of carbonyl (C=O) groups excluding carboxylic acids is 1. The van der Waals surface area contributed by atoms with Crippen LogP contribution in [0, 0.1) is 0 Å². The lowest BCUT2D eigenvalue weighted by molar-refractivity contribution is -0.123. The van der Waals surface area contributed by atoms with E-state index in [1.165, 1.54) is 0 Å². The summed E-state index contributed by atoms with van der Waals surface area (Å²) in [6, 6.07) is -0.315. The van der Waals surface area contributed by atoms with E-state index in [2.05, 4.69) is 5.10 Å². The van der Waals surface area contributed by atoms with E-state index in [0.717, 1.165) is 12.2 Å². The van der Waals surface area contributed by atoms with Gasteiger partial charge in [-0.25, -0.2) is 0 Å². The molecule has 0 aromatic carbocycles.